The standard InChI is InChI=1S/C11H16BrNO5S2/c1-8(7-19(3,14)15)13-20(16,17)9-4-5-11(18-2)10(12)6-9/h4-6,8,13H,7H2,1-3H3. The van der Waals surface area contributed by atoms with E-state index >= 15 is 0 Å². The SMILES string of the molecule is COc1ccc(S(=O)(=O)NC(C)CS(C)(=O)=O)cc1Br. The van der Waals surface area contributed by atoms with Crippen molar-refractivity contribution in [3.63, 3.8) is 0 Å². The summed E-state index contributed by atoms with van der Waals surface area (Å²) in [5, 5.41) is 0. The summed E-state index contributed by atoms with van der Waals surface area (Å²) in [6.07, 6.45) is 1.06. The highest BCUT2D eigenvalue weighted by Crippen LogP contribution is 2.27. The number of halogens is 1. The van der Waals surface area contributed by atoms with E-state index in [4.69, 9.17) is 4.74 Å². The van der Waals surface area contributed by atoms with E-state index in [0.29, 0.717) is 10.2 Å². The van der Waals surface area contributed by atoms with Crippen LogP contribution in [0.1, 0.15) is 6.92 Å². The van der Waals surface area contributed by atoms with Crippen molar-refractivity contribution in [3.8, 4) is 5.75 Å². The summed E-state index contributed by atoms with van der Waals surface area (Å²) in [6, 6.07) is 3.59. The van der Waals surface area contributed by atoms with Gasteiger partial charge in [0.2, 0.25) is 10.0 Å². The van der Waals surface area contributed by atoms with Crippen molar-refractivity contribution in [3.05, 3.63) is 22.7 Å². The largest absolute Gasteiger partial charge is 0.496 e. The smallest absolute Gasteiger partial charge is 0.240 e. The fourth-order valence-corrected chi connectivity index (χ4v) is 4.69. The molecule has 114 valence electrons. The molecule has 1 aromatic rings. The molecule has 6 nitrogen and oxygen atoms in total. The summed E-state index contributed by atoms with van der Waals surface area (Å²) in [5.41, 5.74) is 0. The normalized spacial score (nSPS) is 14.0. The van der Waals surface area contributed by atoms with Gasteiger partial charge in [-0.05, 0) is 41.1 Å². The van der Waals surface area contributed by atoms with Gasteiger partial charge in [0.25, 0.3) is 0 Å². The molecule has 1 aromatic carbocycles. The van der Waals surface area contributed by atoms with Crippen LogP contribution in [0.15, 0.2) is 27.6 Å². The van der Waals surface area contributed by atoms with E-state index in [9.17, 15) is 16.8 Å². The monoisotopic (exact) mass is 385 g/mol. The number of hydrogen-bond acceptors (Lipinski definition) is 5. The molecule has 0 fully saturated rings. The number of nitrogens with one attached hydrogen (secondary N) is 1. The number of sulfonamides is 1. The second-order valence-electron chi connectivity index (χ2n) is 4.41. The van der Waals surface area contributed by atoms with Crippen LogP contribution >= 0.6 is 15.9 Å². The molecule has 0 bridgehead atoms. The summed E-state index contributed by atoms with van der Waals surface area (Å²) < 4.78 is 54.4. The van der Waals surface area contributed by atoms with Gasteiger partial charge in [-0.25, -0.2) is 21.6 Å². The highest BCUT2D eigenvalue weighted by molar-refractivity contribution is 9.10. The molecule has 1 atom stereocenters. The van der Waals surface area contributed by atoms with Gasteiger partial charge in [-0.1, -0.05) is 0 Å². The topological polar surface area (TPSA) is 89.5 Å². The maximum absolute atomic E-state index is 12.1. The van der Waals surface area contributed by atoms with E-state index in [0.717, 1.165) is 6.26 Å². The Morgan fingerprint density at radius 3 is 2.35 bits per heavy atom. The van der Waals surface area contributed by atoms with Crippen LogP contribution in [-0.2, 0) is 19.9 Å². The van der Waals surface area contributed by atoms with Gasteiger partial charge in [0.1, 0.15) is 15.6 Å². The van der Waals surface area contributed by atoms with E-state index in [-0.39, 0.29) is 10.6 Å². The highest BCUT2D eigenvalue weighted by Gasteiger charge is 2.20. The maximum Gasteiger partial charge on any atom is 0.240 e. The minimum absolute atomic E-state index is 0.0329. The first kappa shape index (κ1) is 17.4. The summed E-state index contributed by atoms with van der Waals surface area (Å²) in [4.78, 5) is 0.0329. The van der Waals surface area contributed by atoms with E-state index in [1.165, 1.54) is 32.2 Å². The van der Waals surface area contributed by atoms with E-state index < -0.39 is 25.9 Å². The molecule has 1 N–H and O–H groups in total. The van der Waals surface area contributed by atoms with Gasteiger partial charge in [0.05, 0.1) is 22.2 Å². The molecule has 0 saturated heterocycles. The average molecular weight is 386 g/mol. The lowest BCUT2D eigenvalue weighted by Crippen LogP contribution is -2.37. The first-order chi connectivity index (χ1) is 9.05. The lowest BCUT2D eigenvalue weighted by molar-refractivity contribution is 0.411. The van der Waals surface area contributed by atoms with Gasteiger partial charge in [0.15, 0.2) is 0 Å². The Labute approximate surface area is 127 Å². The van der Waals surface area contributed by atoms with Crippen molar-refractivity contribution in [1.29, 1.82) is 0 Å². The average Bonchev–Trinajstić information content (AvgIpc) is 2.25. The maximum atomic E-state index is 12.1. The number of benzene rings is 1. The minimum atomic E-state index is -3.78. The van der Waals surface area contributed by atoms with Crippen LogP contribution in [0.5, 0.6) is 5.75 Å². The molecule has 1 unspecified atom stereocenters. The summed E-state index contributed by atoms with van der Waals surface area (Å²) in [5.74, 6) is 0.247. The summed E-state index contributed by atoms with van der Waals surface area (Å²) in [6.45, 7) is 1.50. The zero-order valence-corrected chi connectivity index (χ0v) is 14.5. The number of rotatable bonds is 6. The van der Waals surface area contributed by atoms with Crippen LogP contribution in [0, 0.1) is 0 Å². The predicted molar refractivity (Wildman–Crippen MR) is 80.2 cm³/mol. The Morgan fingerprint density at radius 2 is 1.90 bits per heavy atom. The molecule has 20 heavy (non-hydrogen) atoms. The van der Waals surface area contributed by atoms with E-state index in [1.54, 1.807) is 0 Å². The number of hydrogen-bond donors (Lipinski definition) is 1. The molecule has 0 aliphatic rings. The third-order valence-corrected chi connectivity index (χ3v) is 5.66. The van der Waals surface area contributed by atoms with Crippen molar-refractivity contribution in [2.24, 2.45) is 0 Å². The predicted octanol–water partition coefficient (Wildman–Crippen LogP) is 1.17. The lowest BCUT2D eigenvalue weighted by atomic mass is 10.3. The van der Waals surface area contributed by atoms with Crippen molar-refractivity contribution < 1.29 is 21.6 Å². The van der Waals surface area contributed by atoms with Crippen LogP contribution in [-0.4, -0.2) is 42.0 Å². The van der Waals surface area contributed by atoms with Gasteiger partial charge in [-0.3, -0.25) is 0 Å². The van der Waals surface area contributed by atoms with Crippen molar-refractivity contribution >= 4 is 35.8 Å². The Morgan fingerprint density at radius 1 is 1.30 bits per heavy atom. The number of ether oxygens (including phenoxy) is 1. The van der Waals surface area contributed by atoms with Crippen molar-refractivity contribution in [2.75, 3.05) is 19.1 Å². The first-order valence-electron chi connectivity index (χ1n) is 5.59. The molecular formula is C11H16BrNO5S2. The molecule has 0 aliphatic heterocycles. The van der Waals surface area contributed by atoms with Crippen LogP contribution < -0.4 is 9.46 Å². The van der Waals surface area contributed by atoms with Gasteiger partial charge >= 0.3 is 0 Å². The second-order valence-corrected chi connectivity index (χ2v) is 9.16. The third kappa shape index (κ3) is 5.04. The Hall–Kier alpha value is -0.640. The molecule has 0 amide bonds. The fraction of sp³-hybridized carbons (Fsp3) is 0.455. The molecule has 1 rings (SSSR count). The summed E-state index contributed by atoms with van der Waals surface area (Å²) >= 11 is 3.20. The molecule has 0 radical (unpaired) electrons. The minimum Gasteiger partial charge on any atom is -0.496 e. The van der Waals surface area contributed by atoms with Gasteiger partial charge < -0.3 is 4.74 Å². The zero-order chi connectivity index (χ0) is 15.6. The van der Waals surface area contributed by atoms with E-state index in [2.05, 4.69) is 20.7 Å². The van der Waals surface area contributed by atoms with Gasteiger partial charge in [-0.15, -0.1) is 0 Å². The molecule has 0 aromatic heterocycles. The first-order valence-corrected chi connectivity index (χ1v) is 9.92. The molecule has 0 saturated carbocycles. The molecule has 9 heteroatoms. The molecule has 0 heterocycles. The molecular weight excluding hydrogens is 370 g/mol. The zero-order valence-electron chi connectivity index (χ0n) is 11.3. The van der Waals surface area contributed by atoms with Gasteiger partial charge in [0, 0.05) is 12.3 Å². The third-order valence-electron chi connectivity index (χ3n) is 2.34. The Bertz CT molecular complexity index is 685. The van der Waals surface area contributed by atoms with E-state index in [1.807, 2.05) is 0 Å². The molecule has 0 spiro atoms. The highest BCUT2D eigenvalue weighted by atomic mass is 79.9. The van der Waals surface area contributed by atoms with Crippen LogP contribution in [0.3, 0.4) is 0 Å². The quantitative estimate of drug-likeness (QED) is 0.793. The van der Waals surface area contributed by atoms with Crippen molar-refractivity contribution in [2.45, 2.75) is 17.9 Å². The molecule has 0 aliphatic carbocycles. The Kier molecular flexibility index (Phi) is 5.59. The van der Waals surface area contributed by atoms with Crippen molar-refractivity contribution in [1.82, 2.24) is 4.72 Å². The fourth-order valence-electron chi connectivity index (χ4n) is 1.64. The summed E-state index contributed by atoms with van der Waals surface area (Å²) in [7, 11) is -5.56. The van der Waals surface area contributed by atoms with Gasteiger partial charge in [-0.2, -0.15) is 0 Å². The number of methoxy groups -OCH3 is 1. The second kappa shape index (κ2) is 6.42. The lowest BCUT2D eigenvalue weighted by Gasteiger charge is -2.14. The van der Waals surface area contributed by atoms with Crippen LogP contribution in [0.4, 0.5) is 0 Å². The Balaban J connectivity index is 2.97. The van der Waals surface area contributed by atoms with Crippen LogP contribution in [0.2, 0.25) is 0 Å². The van der Waals surface area contributed by atoms with Crippen LogP contribution in [0.25, 0.3) is 0 Å². The number of sulfone groups is 1.